The maximum absolute atomic E-state index is 6.47. The summed E-state index contributed by atoms with van der Waals surface area (Å²) in [6.07, 6.45) is 0. The van der Waals surface area contributed by atoms with Gasteiger partial charge in [0.1, 0.15) is 11.2 Å². The van der Waals surface area contributed by atoms with Crippen LogP contribution in [0, 0.1) is 0 Å². The van der Waals surface area contributed by atoms with E-state index in [1.165, 1.54) is 26.9 Å². The number of hydrogen-bond acceptors (Lipinski definition) is 6. The molecule has 6 nitrogen and oxygen atoms in total. The second kappa shape index (κ2) is 10.7. The van der Waals surface area contributed by atoms with Crippen LogP contribution in [0.15, 0.2) is 156 Å². The molecule has 8 aromatic carbocycles. The van der Waals surface area contributed by atoms with E-state index in [9.17, 15) is 0 Å². The molecule has 0 N–H and O–H groups in total. The summed E-state index contributed by atoms with van der Waals surface area (Å²) in [5.41, 5.74) is 3.88. The number of ether oxygens (including phenoxy) is 2. The van der Waals surface area contributed by atoms with Crippen molar-refractivity contribution in [1.82, 2.24) is 15.0 Å². The van der Waals surface area contributed by atoms with E-state index in [-0.39, 0.29) is 0 Å². The van der Waals surface area contributed by atoms with E-state index in [1.807, 2.05) is 72.8 Å². The zero-order valence-electron chi connectivity index (χ0n) is 27.0. The van der Waals surface area contributed by atoms with Crippen molar-refractivity contribution >= 4 is 54.3 Å². The molecule has 1 aliphatic heterocycles. The van der Waals surface area contributed by atoms with Crippen molar-refractivity contribution in [3.63, 3.8) is 0 Å². The number of furan rings is 1. The lowest BCUT2D eigenvalue weighted by Crippen LogP contribution is -2.04. The molecule has 0 bridgehead atoms. The molecule has 238 valence electrons. The Labute approximate surface area is 291 Å². The van der Waals surface area contributed by atoms with Crippen molar-refractivity contribution in [1.29, 1.82) is 0 Å². The van der Waals surface area contributed by atoms with Crippen molar-refractivity contribution < 1.29 is 13.9 Å². The Bertz CT molecular complexity index is 3020. The average molecular weight is 656 g/mol. The Morgan fingerprint density at radius 2 is 0.882 bits per heavy atom. The molecule has 6 heteroatoms. The summed E-state index contributed by atoms with van der Waals surface area (Å²) >= 11 is 0. The smallest absolute Gasteiger partial charge is 0.181 e. The van der Waals surface area contributed by atoms with Crippen molar-refractivity contribution in [2.45, 2.75) is 0 Å². The van der Waals surface area contributed by atoms with E-state index in [4.69, 9.17) is 28.8 Å². The third kappa shape index (κ3) is 4.26. The molecule has 0 atom stereocenters. The molecule has 0 radical (unpaired) electrons. The summed E-state index contributed by atoms with van der Waals surface area (Å²) in [7, 11) is 0. The highest BCUT2D eigenvalue weighted by Crippen LogP contribution is 2.49. The Hall–Kier alpha value is -7.05. The lowest BCUT2D eigenvalue weighted by Gasteiger charge is -2.22. The molecule has 10 aromatic rings. The lowest BCUT2D eigenvalue weighted by atomic mass is 9.93. The van der Waals surface area contributed by atoms with Gasteiger partial charge in [0.05, 0.1) is 11.1 Å². The van der Waals surface area contributed by atoms with Crippen LogP contribution in [0.3, 0.4) is 0 Å². The van der Waals surface area contributed by atoms with E-state index in [0.717, 1.165) is 38.5 Å². The number of hydrogen-bond donors (Lipinski definition) is 0. The zero-order chi connectivity index (χ0) is 33.5. The topological polar surface area (TPSA) is 70.3 Å². The first-order chi connectivity index (χ1) is 25.3. The van der Waals surface area contributed by atoms with E-state index in [1.54, 1.807) is 0 Å². The summed E-state index contributed by atoms with van der Waals surface area (Å²) in [6, 6.07) is 51.2. The molecule has 2 aromatic heterocycles. The van der Waals surface area contributed by atoms with Gasteiger partial charge in [0, 0.05) is 16.3 Å². The van der Waals surface area contributed by atoms with Gasteiger partial charge < -0.3 is 13.9 Å². The number of aromatic nitrogens is 3. The molecule has 0 saturated carbocycles. The van der Waals surface area contributed by atoms with Crippen LogP contribution >= 0.6 is 0 Å². The molecule has 51 heavy (non-hydrogen) atoms. The van der Waals surface area contributed by atoms with Gasteiger partial charge in [0.2, 0.25) is 0 Å². The minimum absolute atomic E-state index is 0.464. The molecule has 1 aliphatic rings. The quantitative estimate of drug-likeness (QED) is 0.176. The van der Waals surface area contributed by atoms with Crippen molar-refractivity contribution in [2.24, 2.45) is 0 Å². The first kappa shape index (κ1) is 27.9. The van der Waals surface area contributed by atoms with Gasteiger partial charge in [-0.25, -0.2) is 15.0 Å². The summed E-state index contributed by atoms with van der Waals surface area (Å²) in [4.78, 5) is 15.4. The fraction of sp³-hybridized carbons (Fsp3) is 0. The molecule has 0 aliphatic carbocycles. The fourth-order valence-corrected chi connectivity index (χ4v) is 7.44. The van der Waals surface area contributed by atoms with Crippen molar-refractivity contribution in [3.05, 3.63) is 152 Å². The summed E-state index contributed by atoms with van der Waals surface area (Å²) in [5.74, 6) is 3.94. The van der Waals surface area contributed by atoms with Gasteiger partial charge in [0.25, 0.3) is 0 Å². The number of fused-ring (bicyclic) bond motifs is 11. The third-order valence-corrected chi connectivity index (χ3v) is 9.78. The molecule has 0 amide bonds. The first-order valence-corrected chi connectivity index (χ1v) is 16.9. The predicted molar refractivity (Wildman–Crippen MR) is 203 cm³/mol. The van der Waals surface area contributed by atoms with Crippen LogP contribution in [0.5, 0.6) is 23.0 Å². The van der Waals surface area contributed by atoms with Gasteiger partial charge in [0.15, 0.2) is 40.5 Å². The molecular weight excluding hydrogens is 631 g/mol. The third-order valence-electron chi connectivity index (χ3n) is 9.78. The number of nitrogens with zero attached hydrogens (tertiary/aromatic N) is 3. The normalized spacial score (nSPS) is 12.2. The molecule has 11 rings (SSSR count). The second-order valence-corrected chi connectivity index (χ2v) is 12.7. The molecule has 0 saturated heterocycles. The van der Waals surface area contributed by atoms with E-state index in [0.29, 0.717) is 46.0 Å². The van der Waals surface area contributed by atoms with Gasteiger partial charge >= 0.3 is 0 Å². The number of benzene rings is 8. The molecular formula is C45H25N3O3. The Balaban J connectivity index is 1.18. The van der Waals surface area contributed by atoms with Gasteiger partial charge in [-0.3, -0.25) is 0 Å². The van der Waals surface area contributed by atoms with Crippen molar-refractivity contribution in [2.75, 3.05) is 0 Å². The average Bonchev–Trinajstić information content (AvgIpc) is 3.58. The van der Waals surface area contributed by atoms with Crippen LogP contribution in [0.1, 0.15) is 0 Å². The second-order valence-electron chi connectivity index (χ2n) is 12.7. The summed E-state index contributed by atoms with van der Waals surface area (Å²) < 4.78 is 19.2. The van der Waals surface area contributed by atoms with Crippen molar-refractivity contribution in [3.8, 4) is 57.2 Å². The van der Waals surface area contributed by atoms with Crippen LogP contribution in [0.4, 0.5) is 0 Å². The number of rotatable bonds is 3. The van der Waals surface area contributed by atoms with Gasteiger partial charge in [-0.1, -0.05) is 109 Å². The van der Waals surface area contributed by atoms with E-state index >= 15 is 0 Å². The SMILES string of the molecule is c1ccc2c(c1)Oc1cccc(-c3nc(-c4ccc5c6ccccc6c6ccccc6c5c4)nc(-c4cccc5c4oc4ccccc45)n3)c1O2. The van der Waals surface area contributed by atoms with Gasteiger partial charge in [-0.2, -0.15) is 0 Å². The minimum Gasteiger partial charge on any atom is -0.455 e. The zero-order valence-corrected chi connectivity index (χ0v) is 27.0. The summed E-state index contributed by atoms with van der Waals surface area (Å²) in [5, 5.41) is 9.18. The lowest BCUT2D eigenvalue weighted by molar-refractivity contribution is 0.360. The first-order valence-electron chi connectivity index (χ1n) is 16.9. The maximum atomic E-state index is 6.47. The minimum atomic E-state index is 0.464. The van der Waals surface area contributed by atoms with Crippen LogP contribution in [0.25, 0.3) is 88.4 Å². The maximum Gasteiger partial charge on any atom is 0.181 e. The largest absolute Gasteiger partial charge is 0.455 e. The predicted octanol–water partition coefficient (Wildman–Crippen LogP) is 12.1. The Morgan fingerprint density at radius 3 is 1.65 bits per heavy atom. The Kier molecular flexibility index (Phi) is 5.86. The van der Waals surface area contributed by atoms with Crippen LogP contribution in [0.2, 0.25) is 0 Å². The monoisotopic (exact) mass is 655 g/mol. The van der Waals surface area contributed by atoms with Crippen LogP contribution in [-0.2, 0) is 0 Å². The Morgan fingerprint density at radius 1 is 0.353 bits per heavy atom. The van der Waals surface area contributed by atoms with E-state index < -0.39 is 0 Å². The van der Waals surface area contributed by atoms with Gasteiger partial charge in [-0.15, -0.1) is 0 Å². The highest BCUT2D eigenvalue weighted by molar-refractivity contribution is 6.25. The van der Waals surface area contributed by atoms with Crippen LogP contribution in [-0.4, -0.2) is 15.0 Å². The highest BCUT2D eigenvalue weighted by Gasteiger charge is 2.25. The highest BCUT2D eigenvalue weighted by atomic mass is 16.6. The fourth-order valence-electron chi connectivity index (χ4n) is 7.44. The molecule has 0 unspecified atom stereocenters. The molecule has 0 spiro atoms. The number of para-hydroxylation sites is 5. The summed E-state index contributed by atoms with van der Waals surface area (Å²) in [6.45, 7) is 0. The van der Waals surface area contributed by atoms with Crippen LogP contribution < -0.4 is 9.47 Å². The standard InChI is InChI=1S/C45H25N3O3/c1-2-13-29-27(11-1)28-12-3-4-14-30(28)36-25-26(23-24-31(29)36)43-46-44(34-17-9-16-33-32-15-5-6-19-37(32)50-41(33)34)48-45(47-43)35-18-10-22-40-42(35)51-39-21-8-7-20-38(39)49-40/h1-25H. The van der Waals surface area contributed by atoms with E-state index in [2.05, 4.69) is 78.9 Å². The molecule has 0 fully saturated rings. The molecule has 3 heterocycles. The van der Waals surface area contributed by atoms with Gasteiger partial charge in [-0.05, 0) is 74.8 Å².